The SMILES string of the molecule is O=C(CN1CCOCC1)Nc1ccc(NC(=O)c2cccnc2)cc1. The summed E-state index contributed by atoms with van der Waals surface area (Å²) < 4.78 is 5.26. The Morgan fingerprint density at radius 3 is 2.36 bits per heavy atom. The molecular formula is C18H20N4O3. The number of hydrogen-bond acceptors (Lipinski definition) is 5. The van der Waals surface area contributed by atoms with Gasteiger partial charge in [0, 0.05) is 36.9 Å². The Balaban J connectivity index is 1.51. The van der Waals surface area contributed by atoms with E-state index in [9.17, 15) is 9.59 Å². The quantitative estimate of drug-likeness (QED) is 0.864. The van der Waals surface area contributed by atoms with Gasteiger partial charge in [-0.15, -0.1) is 0 Å². The van der Waals surface area contributed by atoms with E-state index in [0.717, 1.165) is 13.1 Å². The number of nitrogens with zero attached hydrogens (tertiary/aromatic N) is 2. The molecule has 25 heavy (non-hydrogen) atoms. The molecule has 3 rings (SSSR count). The zero-order valence-corrected chi connectivity index (χ0v) is 13.8. The lowest BCUT2D eigenvalue weighted by molar-refractivity contribution is -0.118. The van der Waals surface area contributed by atoms with Gasteiger partial charge < -0.3 is 15.4 Å². The van der Waals surface area contributed by atoms with E-state index in [2.05, 4.69) is 20.5 Å². The number of rotatable bonds is 5. The second kappa shape index (κ2) is 8.36. The van der Waals surface area contributed by atoms with Gasteiger partial charge >= 0.3 is 0 Å². The number of carbonyl (C=O) groups is 2. The van der Waals surface area contributed by atoms with Gasteiger partial charge in [0.05, 0.1) is 25.3 Å². The summed E-state index contributed by atoms with van der Waals surface area (Å²) in [6, 6.07) is 10.4. The van der Waals surface area contributed by atoms with Gasteiger partial charge in [-0.3, -0.25) is 19.5 Å². The summed E-state index contributed by atoms with van der Waals surface area (Å²) in [5.41, 5.74) is 1.84. The molecule has 1 fully saturated rings. The highest BCUT2D eigenvalue weighted by molar-refractivity contribution is 6.04. The molecule has 1 aliphatic rings. The minimum Gasteiger partial charge on any atom is -0.379 e. The molecular weight excluding hydrogens is 320 g/mol. The van der Waals surface area contributed by atoms with Crippen LogP contribution >= 0.6 is 0 Å². The summed E-state index contributed by atoms with van der Waals surface area (Å²) in [6.45, 7) is 3.22. The molecule has 2 heterocycles. The van der Waals surface area contributed by atoms with Crippen molar-refractivity contribution >= 4 is 23.2 Å². The highest BCUT2D eigenvalue weighted by atomic mass is 16.5. The Labute approximate surface area is 146 Å². The van der Waals surface area contributed by atoms with Crippen LogP contribution in [0.3, 0.4) is 0 Å². The molecule has 2 aromatic rings. The molecule has 130 valence electrons. The second-order valence-electron chi connectivity index (χ2n) is 5.71. The van der Waals surface area contributed by atoms with Crippen LogP contribution in [0.1, 0.15) is 10.4 Å². The van der Waals surface area contributed by atoms with E-state index in [1.807, 2.05) is 0 Å². The molecule has 1 aliphatic heterocycles. The van der Waals surface area contributed by atoms with Crippen LogP contribution in [0.15, 0.2) is 48.8 Å². The van der Waals surface area contributed by atoms with Crippen molar-refractivity contribution in [3.63, 3.8) is 0 Å². The number of anilines is 2. The number of amides is 2. The van der Waals surface area contributed by atoms with Crippen LogP contribution in [-0.2, 0) is 9.53 Å². The second-order valence-corrected chi connectivity index (χ2v) is 5.71. The lowest BCUT2D eigenvalue weighted by Gasteiger charge is -2.25. The fraction of sp³-hybridized carbons (Fsp3) is 0.278. The average molecular weight is 340 g/mol. The number of morpholine rings is 1. The lowest BCUT2D eigenvalue weighted by Crippen LogP contribution is -2.41. The van der Waals surface area contributed by atoms with E-state index in [4.69, 9.17) is 4.74 Å². The van der Waals surface area contributed by atoms with Crippen LogP contribution in [0.25, 0.3) is 0 Å². The zero-order chi connectivity index (χ0) is 17.5. The molecule has 1 saturated heterocycles. The number of ether oxygens (including phenoxy) is 1. The maximum Gasteiger partial charge on any atom is 0.257 e. The van der Waals surface area contributed by atoms with Crippen molar-refractivity contribution in [1.82, 2.24) is 9.88 Å². The lowest BCUT2D eigenvalue weighted by atomic mass is 10.2. The third kappa shape index (κ3) is 5.10. The maximum atomic E-state index is 12.1. The van der Waals surface area contributed by atoms with Crippen LogP contribution in [0.5, 0.6) is 0 Å². The topological polar surface area (TPSA) is 83.6 Å². The smallest absolute Gasteiger partial charge is 0.257 e. The van der Waals surface area contributed by atoms with Gasteiger partial charge in [0.1, 0.15) is 0 Å². The molecule has 2 N–H and O–H groups in total. The van der Waals surface area contributed by atoms with E-state index in [1.54, 1.807) is 42.6 Å². The van der Waals surface area contributed by atoms with Crippen molar-refractivity contribution in [3.05, 3.63) is 54.4 Å². The van der Waals surface area contributed by atoms with Gasteiger partial charge in [0.25, 0.3) is 5.91 Å². The van der Waals surface area contributed by atoms with Crippen LogP contribution in [0, 0.1) is 0 Å². The van der Waals surface area contributed by atoms with Crippen molar-refractivity contribution in [2.45, 2.75) is 0 Å². The Hall–Kier alpha value is -2.77. The first kappa shape index (κ1) is 17.1. The normalized spacial score (nSPS) is 14.7. The van der Waals surface area contributed by atoms with Gasteiger partial charge in [0.2, 0.25) is 5.91 Å². The molecule has 7 heteroatoms. The van der Waals surface area contributed by atoms with Crippen molar-refractivity contribution in [2.75, 3.05) is 43.5 Å². The van der Waals surface area contributed by atoms with Gasteiger partial charge in [-0.05, 0) is 36.4 Å². The zero-order valence-electron chi connectivity index (χ0n) is 13.8. The summed E-state index contributed by atoms with van der Waals surface area (Å²) in [5, 5.41) is 5.65. The Morgan fingerprint density at radius 2 is 1.72 bits per heavy atom. The van der Waals surface area contributed by atoms with E-state index in [1.165, 1.54) is 6.20 Å². The van der Waals surface area contributed by atoms with Crippen molar-refractivity contribution < 1.29 is 14.3 Å². The molecule has 0 atom stereocenters. The van der Waals surface area contributed by atoms with Gasteiger partial charge in [0.15, 0.2) is 0 Å². The van der Waals surface area contributed by atoms with E-state index >= 15 is 0 Å². The van der Waals surface area contributed by atoms with Crippen LogP contribution in [0.2, 0.25) is 0 Å². The Kier molecular flexibility index (Phi) is 5.71. The molecule has 0 saturated carbocycles. The first-order valence-corrected chi connectivity index (χ1v) is 8.12. The van der Waals surface area contributed by atoms with Crippen molar-refractivity contribution in [1.29, 1.82) is 0 Å². The Morgan fingerprint density at radius 1 is 1.04 bits per heavy atom. The highest BCUT2D eigenvalue weighted by Crippen LogP contribution is 2.14. The fourth-order valence-corrected chi connectivity index (χ4v) is 2.50. The number of nitrogens with one attached hydrogen (secondary N) is 2. The summed E-state index contributed by atoms with van der Waals surface area (Å²) in [5.74, 6) is -0.286. The largest absolute Gasteiger partial charge is 0.379 e. The summed E-state index contributed by atoms with van der Waals surface area (Å²) in [7, 11) is 0. The molecule has 0 radical (unpaired) electrons. The molecule has 1 aromatic carbocycles. The third-order valence-electron chi connectivity index (χ3n) is 3.82. The van der Waals surface area contributed by atoms with Gasteiger partial charge in [-0.25, -0.2) is 0 Å². The van der Waals surface area contributed by atoms with E-state index in [0.29, 0.717) is 36.7 Å². The average Bonchev–Trinajstić information content (AvgIpc) is 2.65. The van der Waals surface area contributed by atoms with Gasteiger partial charge in [-0.2, -0.15) is 0 Å². The predicted molar refractivity (Wildman–Crippen MR) is 94.5 cm³/mol. The minimum absolute atomic E-state index is 0.0611. The van der Waals surface area contributed by atoms with E-state index in [-0.39, 0.29) is 11.8 Å². The predicted octanol–water partition coefficient (Wildman–Crippen LogP) is 1.60. The summed E-state index contributed by atoms with van der Waals surface area (Å²) in [4.78, 5) is 30.1. The van der Waals surface area contributed by atoms with E-state index < -0.39 is 0 Å². The number of pyridine rings is 1. The maximum absolute atomic E-state index is 12.1. The molecule has 0 bridgehead atoms. The van der Waals surface area contributed by atoms with Crippen LogP contribution in [0.4, 0.5) is 11.4 Å². The number of carbonyl (C=O) groups excluding carboxylic acids is 2. The summed E-state index contributed by atoms with van der Waals surface area (Å²) in [6.07, 6.45) is 3.13. The first-order valence-electron chi connectivity index (χ1n) is 8.12. The van der Waals surface area contributed by atoms with Crippen LogP contribution < -0.4 is 10.6 Å². The molecule has 0 spiro atoms. The molecule has 0 aliphatic carbocycles. The van der Waals surface area contributed by atoms with Crippen molar-refractivity contribution in [2.24, 2.45) is 0 Å². The summed E-state index contributed by atoms with van der Waals surface area (Å²) >= 11 is 0. The van der Waals surface area contributed by atoms with Crippen molar-refractivity contribution in [3.8, 4) is 0 Å². The monoisotopic (exact) mass is 340 g/mol. The molecule has 0 unspecified atom stereocenters. The molecule has 7 nitrogen and oxygen atoms in total. The number of hydrogen-bond donors (Lipinski definition) is 2. The van der Waals surface area contributed by atoms with Gasteiger partial charge in [-0.1, -0.05) is 0 Å². The number of benzene rings is 1. The first-order chi connectivity index (χ1) is 12.2. The van der Waals surface area contributed by atoms with Crippen LogP contribution in [-0.4, -0.2) is 54.5 Å². The fourth-order valence-electron chi connectivity index (χ4n) is 2.50. The molecule has 2 amide bonds. The highest BCUT2D eigenvalue weighted by Gasteiger charge is 2.14. The molecule has 1 aromatic heterocycles. The Bertz CT molecular complexity index is 713. The minimum atomic E-state index is -0.225. The third-order valence-corrected chi connectivity index (χ3v) is 3.82. The standard InChI is InChI=1S/C18H20N4O3/c23-17(13-22-8-10-25-11-9-22)20-15-3-5-16(6-4-15)21-18(24)14-2-1-7-19-12-14/h1-7,12H,8-11,13H2,(H,20,23)(H,21,24). The number of aromatic nitrogens is 1.